The van der Waals surface area contributed by atoms with Crippen molar-refractivity contribution in [3.8, 4) is 5.75 Å². The molecule has 0 aliphatic carbocycles. The van der Waals surface area contributed by atoms with Gasteiger partial charge in [0.1, 0.15) is 5.75 Å². The number of aromatic amines is 1. The van der Waals surface area contributed by atoms with Gasteiger partial charge in [-0.1, -0.05) is 11.6 Å². The highest BCUT2D eigenvalue weighted by Gasteiger charge is 2.16. The normalized spacial score (nSPS) is 13.3. The number of fused-ring (bicyclic) bond motifs is 1. The Bertz CT molecular complexity index is 517. The number of hydrogen-bond acceptors (Lipinski definition) is 2. The first kappa shape index (κ1) is 10.3. The second-order valence-electron chi connectivity index (χ2n) is 3.77. The van der Waals surface area contributed by atoms with Gasteiger partial charge in [0.15, 0.2) is 0 Å². The summed E-state index contributed by atoms with van der Waals surface area (Å²) in [6, 6.07) is 3.37. The molecule has 1 unspecified atom stereocenters. The number of phenols is 1. The van der Waals surface area contributed by atoms with Crippen molar-refractivity contribution < 1.29 is 5.11 Å². The van der Waals surface area contributed by atoms with Crippen molar-refractivity contribution in [3.05, 3.63) is 28.4 Å². The number of aromatic nitrogens is 1. The van der Waals surface area contributed by atoms with E-state index < -0.39 is 0 Å². The molecule has 0 aliphatic rings. The Morgan fingerprint density at radius 2 is 2.13 bits per heavy atom. The van der Waals surface area contributed by atoms with E-state index in [0.717, 1.165) is 22.2 Å². The molecule has 80 valence electrons. The maximum Gasteiger partial charge on any atom is 0.143 e. The van der Waals surface area contributed by atoms with Crippen LogP contribution in [0.25, 0.3) is 10.9 Å². The van der Waals surface area contributed by atoms with Crippen molar-refractivity contribution in [1.82, 2.24) is 4.98 Å². The summed E-state index contributed by atoms with van der Waals surface area (Å²) in [6.45, 7) is 3.82. The smallest absolute Gasteiger partial charge is 0.143 e. The fraction of sp³-hybridized carbons (Fsp3) is 0.273. The van der Waals surface area contributed by atoms with E-state index in [9.17, 15) is 5.11 Å². The molecule has 2 rings (SSSR count). The Morgan fingerprint density at radius 1 is 1.47 bits per heavy atom. The second-order valence-corrected chi connectivity index (χ2v) is 4.18. The van der Waals surface area contributed by atoms with E-state index in [0.29, 0.717) is 5.02 Å². The molecule has 4 N–H and O–H groups in total. The van der Waals surface area contributed by atoms with Crippen LogP contribution < -0.4 is 5.73 Å². The summed E-state index contributed by atoms with van der Waals surface area (Å²) in [7, 11) is 0. The van der Waals surface area contributed by atoms with Gasteiger partial charge in [-0.2, -0.15) is 0 Å². The minimum absolute atomic E-state index is 0.103. The van der Waals surface area contributed by atoms with Crippen LogP contribution in [-0.4, -0.2) is 10.1 Å². The van der Waals surface area contributed by atoms with E-state index in [1.807, 2.05) is 19.9 Å². The lowest BCUT2D eigenvalue weighted by Crippen LogP contribution is -2.05. The quantitative estimate of drug-likeness (QED) is 0.698. The van der Waals surface area contributed by atoms with Crippen LogP contribution in [0.1, 0.15) is 24.2 Å². The molecule has 0 bridgehead atoms. The summed E-state index contributed by atoms with van der Waals surface area (Å²) in [5.74, 6) is 0.103. The molecule has 1 aromatic carbocycles. The molecule has 0 spiro atoms. The third-order valence-electron chi connectivity index (χ3n) is 2.58. The van der Waals surface area contributed by atoms with E-state index in [2.05, 4.69) is 4.98 Å². The van der Waals surface area contributed by atoms with Crippen molar-refractivity contribution in [3.63, 3.8) is 0 Å². The van der Waals surface area contributed by atoms with Gasteiger partial charge in [-0.3, -0.25) is 0 Å². The standard InChI is InChI=1S/C11H13ClN2O/c1-5(13)9-6(2)14-8-4-3-7(12)11(15)10(8)9/h3-5,14-15H,13H2,1-2H3. The lowest BCUT2D eigenvalue weighted by atomic mass is 10.0. The van der Waals surface area contributed by atoms with Gasteiger partial charge >= 0.3 is 0 Å². The van der Waals surface area contributed by atoms with Crippen LogP contribution in [0.5, 0.6) is 5.75 Å². The molecule has 0 fully saturated rings. The predicted molar refractivity (Wildman–Crippen MR) is 62.3 cm³/mol. The van der Waals surface area contributed by atoms with Crippen LogP contribution in [0.4, 0.5) is 0 Å². The van der Waals surface area contributed by atoms with E-state index >= 15 is 0 Å². The molecule has 0 saturated carbocycles. The number of aromatic hydroxyl groups is 1. The average Bonchev–Trinajstić information content (AvgIpc) is 2.49. The maximum absolute atomic E-state index is 9.89. The molecule has 4 heteroatoms. The number of rotatable bonds is 1. The van der Waals surface area contributed by atoms with Gasteiger partial charge < -0.3 is 15.8 Å². The Morgan fingerprint density at radius 3 is 2.73 bits per heavy atom. The summed E-state index contributed by atoms with van der Waals surface area (Å²) >= 11 is 5.87. The first-order valence-electron chi connectivity index (χ1n) is 4.77. The van der Waals surface area contributed by atoms with Crippen LogP contribution >= 0.6 is 11.6 Å². The molecule has 2 aromatic rings. The number of nitrogens with one attached hydrogen (secondary N) is 1. The Labute approximate surface area is 92.9 Å². The number of H-pyrrole nitrogens is 1. The number of aryl methyl sites for hydroxylation is 1. The maximum atomic E-state index is 9.89. The third-order valence-corrected chi connectivity index (χ3v) is 2.88. The zero-order valence-corrected chi connectivity index (χ0v) is 9.39. The van der Waals surface area contributed by atoms with E-state index in [-0.39, 0.29) is 11.8 Å². The zero-order valence-electron chi connectivity index (χ0n) is 8.63. The highest BCUT2D eigenvalue weighted by Crippen LogP contribution is 2.37. The number of halogens is 1. The number of nitrogens with two attached hydrogens (primary N) is 1. The van der Waals surface area contributed by atoms with Gasteiger partial charge in [0.2, 0.25) is 0 Å². The van der Waals surface area contributed by atoms with Gasteiger partial charge in [0.05, 0.1) is 5.02 Å². The molecule has 0 amide bonds. The Kier molecular flexibility index (Phi) is 2.37. The SMILES string of the molecule is Cc1[nH]c2ccc(Cl)c(O)c2c1C(C)N. The molecule has 0 saturated heterocycles. The van der Waals surface area contributed by atoms with Gasteiger partial charge in [-0.25, -0.2) is 0 Å². The lowest BCUT2D eigenvalue weighted by Gasteiger charge is -2.07. The highest BCUT2D eigenvalue weighted by atomic mass is 35.5. The fourth-order valence-corrected chi connectivity index (χ4v) is 2.13. The largest absolute Gasteiger partial charge is 0.506 e. The molecule has 0 aliphatic heterocycles. The summed E-state index contributed by atoms with van der Waals surface area (Å²) in [5.41, 5.74) is 8.62. The fourth-order valence-electron chi connectivity index (χ4n) is 1.97. The zero-order chi connectivity index (χ0) is 11.2. The van der Waals surface area contributed by atoms with Gasteiger partial charge in [-0.15, -0.1) is 0 Å². The van der Waals surface area contributed by atoms with E-state index in [4.69, 9.17) is 17.3 Å². The number of benzene rings is 1. The summed E-state index contributed by atoms with van der Waals surface area (Å²) in [5, 5.41) is 11.0. The van der Waals surface area contributed by atoms with Crippen LogP contribution in [0.3, 0.4) is 0 Å². The summed E-state index contributed by atoms with van der Waals surface area (Å²) in [6.07, 6.45) is 0. The van der Waals surface area contributed by atoms with Crippen molar-refractivity contribution in [2.75, 3.05) is 0 Å². The molecule has 15 heavy (non-hydrogen) atoms. The molecule has 1 atom stereocenters. The molecular formula is C11H13ClN2O. The van der Waals surface area contributed by atoms with Crippen molar-refractivity contribution in [2.24, 2.45) is 5.73 Å². The minimum Gasteiger partial charge on any atom is -0.506 e. The number of hydrogen-bond donors (Lipinski definition) is 3. The monoisotopic (exact) mass is 224 g/mol. The molecule has 0 radical (unpaired) electrons. The van der Waals surface area contributed by atoms with Crippen molar-refractivity contribution in [1.29, 1.82) is 0 Å². The first-order chi connectivity index (χ1) is 7.02. The molecular weight excluding hydrogens is 212 g/mol. The lowest BCUT2D eigenvalue weighted by molar-refractivity contribution is 0.481. The van der Waals surface area contributed by atoms with Gasteiger partial charge in [0, 0.05) is 28.2 Å². The van der Waals surface area contributed by atoms with Crippen LogP contribution in [0, 0.1) is 6.92 Å². The first-order valence-corrected chi connectivity index (χ1v) is 5.15. The minimum atomic E-state index is -0.136. The van der Waals surface area contributed by atoms with Crippen molar-refractivity contribution in [2.45, 2.75) is 19.9 Å². The summed E-state index contributed by atoms with van der Waals surface area (Å²) in [4.78, 5) is 3.18. The van der Waals surface area contributed by atoms with Gasteiger partial charge in [0.25, 0.3) is 0 Å². The topological polar surface area (TPSA) is 62.0 Å². The van der Waals surface area contributed by atoms with Crippen LogP contribution in [0.2, 0.25) is 5.02 Å². The highest BCUT2D eigenvalue weighted by molar-refractivity contribution is 6.33. The van der Waals surface area contributed by atoms with Crippen molar-refractivity contribution >= 4 is 22.5 Å². The summed E-state index contributed by atoms with van der Waals surface area (Å²) < 4.78 is 0. The Hall–Kier alpha value is -1.19. The van der Waals surface area contributed by atoms with Gasteiger partial charge in [-0.05, 0) is 26.0 Å². The van der Waals surface area contributed by atoms with E-state index in [1.165, 1.54) is 0 Å². The predicted octanol–water partition coefficient (Wildman–Crippen LogP) is 2.86. The van der Waals surface area contributed by atoms with Crippen LogP contribution in [-0.2, 0) is 0 Å². The molecule has 1 heterocycles. The second kappa shape index (κ2) is 3.43. The molecule has 1 aromatic heterocycles. The van der Waals surface area contributed by atoms with Crippen LogP contribution in [0.15, 0.2) is 12.1 Å². The number of phenolic OH excluding ortho intramolecular Hbond substituents is 1. The average molecular weight is 225 g/mol. The Balaban J connectivity index is 2.90. The third kappa shape index (κ3) is 1.48. The molecule has 3 nitrogen and oxygen atoms in total. The van der Waals surface area contributed by atoms with E-state index in [1.54, 1.807) is 6.07 Å².